The number of amides is 2. The number of hydrogen-bond acceptors (Lipinski definition) is 4. The third kappa shape index (κ3) is 3.57. The summed E-state index contributed by atoms with van der Waals surface area (Å²) in [6.07, 6.45) is 0.914. The second-order valence-electron chi connectivity index (χ2n) is 6.46. The van der Waals surface area contributed by atoms with Crippen LogP contribution in [0, 0.1) is 0 Å². The highest BCUT2D eigenvalue weighted by atomic mass is 16.5. The Bertz CT molecular complexity index is 794. The van der Waals surface area contributed by atoms with E-state index >= 15 is 0 Å². The van der Waals surface area contributed by atoms with Crippen molar-refractivity contribution in [3.63, 3.8) is 0 Å². The van der Waals surface area contributed by atoms with Gasteiger partial charge in [-0.3, -0.25) is 14.5 Å². The standard InChI is InChI=1S/C21H23NO4/c1-4-15-9-10-18(26-14(2)3)19(13-15)25-12-11-22-20(23)16-7-5-6-8-17(16)21(22)24/h5-10,13-14H,4,11-12H2,1-3H3. The number of imide groups is 1. The Kier molecular flexibility index (Phi) is 5.26. The average Bonchev–Trinajstić information content (AvgIpc) is 2.87. The quantitative estimate of drug-likeness (QED) is 0.712. The van der Waals surface area contributed by atoms with Gasteiger partial charge in [-0.1, -0.05) is 25.1 Å². The maximum atomic E-state index is 12.4. The molecule has 0 aliphatic carbocycles. The van der Waals surface area contributed by atoms with Crippen molar-refractivity contribution >= 4 is 11.8 Å². The van der Waals surface area contributed by atoms with Crippen LogP contribution < -0.4 is 9.47 Å². The zero-order chi connectivity index (χ0) is 18.7. The van der Waals surface area contributed by atoms with Crippen molar-refractivity contribution in [1.82, 2.24) is 4.90 Å². The van der Waals surface area contributed by atoms with Crippen LogP contribution in [0.3, 0.4) is 0 Å². The summed E-state index contributed by atoms with van der Waals surface area (Å²) in [6.45, 7) is 6.39. The first-order valence-corrected chi connectivity index (χ1v) is 8.89. The number of fused-ring (bicyclic) bond motifs is 1. The molecule has 0 aromatic heterocycles. The van der Waals surface area contributed by atoms with E-state index < -0.39 is 0 Å². The summed E-state index contributed by atoms with van der Waals surface area (Å²) in [7, 11) is 0. The number of carbonyl (C=O) groups excluding carboxylic acids is 2. The topological polar surface area (TPSA) is 55.8 Å². The number of rotatable bonds is 7. The molecule has 26 heavy (non-hydrogen) atoms. The number of hydrogen-bond donors (Lipinski definition) is 0. The van der Waals surface area contributed by atoms with Crippen LogP contribution in [0.25, 0.3) is 0 Å². The monoisotopic (exact) mass is 353 g/mol. The minimum atomic E-state index is -0.268. The predicted molar refractivity (Wildman–Crippen MR) is 98.9 cm³/mol. The second kappa shape index (κ2) is 7.60. The van der Waals surface area contributed by atoms with E-state index in [9.17, 15) is 9.59 Å². The van der Waals surface area contributed by atoms with Crippen molar-refractivity contribution < 1.29 is 19.1 Å². The molecule has 0 N–H and O–H groups in total. The Hall–Kier alpha value is -2.82. The van der Waals surface area contributed by atoms with E-state index in [1.54, 1.807) is 24.3 Å². The molecule has 0 fully saturated rings. The van der Waals surface area contributed by atoms with Crippen molar-refractivity contribution in [2.45, 2.75) is 33.3 Å². The van der Waals surface area contributed by atoms with E-state index in [4.69, 9.17) is 9.47 Å². The van der Waals surface area contributed by atoms with Crippen molar-refractivity contribution in [2.75, 3.05) is 13.2 Å². The molecule has 1 heterocycles. The van der Waals surface area contributed by atoms with Crippen molar-refractivity contribution in [1.29, 1.82) is 0 Å². The molecule has 5 heteroatoms. The lowest BCUT2D eigenvalue weighted by atomic mass is 10.1. The molecule has 0 saturated carbocycles. The molecule has 0 atom stereocenters. The Labute approximate surface area is 153 Å². The molecule has 0 bridgehead atoms. The number of benzene rings is 2. The molecule has 0 saturated heterocycles. The summed E-state index contributed by atoms with van der Waals surface area (Å²) in [5.74, 6) is 0.763. The van der Waals surface area contributed by atoms with E-state index in [1.165, 1.54) is 4.90 Å². The molecule has 1 aliphatic rings. The van der Waals surface area contributed by atoms with Gasteiger partial charge in [-0.25, -0.2) is 0 Å². The van der Waals surface area contributed by atoms with Gasteiger partial charge in [0.1, 0.15) is 6.61 Å². The van der Waals surface area contributed by atoms with Gasteiger partial charge in [0.25, 0.3) is 11.8 Å². The summed E-state index contributed by atoms with van der Waals surface area (Å²) in [6, 6.07) is 12.7. The Morgan fingerprint density at radius 3 is 2.19 bits per heavy atom. The lowest BCUT2D eigenvalue weighted by Gasteiger charge is -2.18. The fourth-order valence-corrected chi connectivity index (χ4v) is 2.93. The fraction of sp³-hybridized carbons (Fsp3) is 0.333. The molecule has 0 radical (unpaired) electrons. The van der Waals surface area contributed by atoms with Gasteiger partial charge in [0.15, 0.2) is 11.5 Å². The fourth-order valence-electron chi connectivity index (χ4n) is 2.93. The lowest BCUT2D eigenvalue weighted by Crippen LogP contribution is -2.33. The Balaban J connectivity index is 1.69. The molecule has 2 aromatic carbocycles. The summed E-state index contributed by atoms with van der Waals surface area (Å²) < 4.78 is 11.7. The third-order valence-corrected chi connectivity index (χ3v) is 4.23. The first kappa shape index (κ1) is 18.0. The van der Waals surface area contributed by atoms with Crippen LogP contribution in [-0.4, -0.2) is 36.0 Å². The molecule has 2 amide bonds. The highest BCUT2D eigenvalue weighted by Crippen LogP contribution is 2.30. The summed E-state index contributed by atoms with van der Waals surface area (Å²) in [4.78, 5) is 26.0. The number of ether oxygens (including phenoxy) is 2. The smallest absolute Gasteiger partial charge is 0.261 e. The average molecular weight is 353 g/mol. The highest BCUT2D eigenvalue weighted by Gasteiger charge is 2.34. The van der Waals surface area contributed by atoms with Crippen LogP contribution in [0.15, 0.2) is 42.5 Å². The van der Waals surface area contributed by atoms with Crippen LogP contribution in [0.2, 0.25) is 0 Å². The molecule has 5 nitrogen and oxygen atoms in total. The zero-order valence-electron chi connectivity index (χ0n) is 15.3. The number of carbonyl (C=O) groups is 2. The minimum Gasteiger partial charge on any atom is -0.488 e. The molecule has 0 unspecified atom stereocenters. The first-order chi connectivity index (χ1) is 12.5. The van der Waals surface area contributed by atoms with Gasteiger partial charge in [0.2, 0.25) is 0 Å². The van der Waals surface area contributed by atoms with E-state index in [2.05, 4.69) is 6.92 Å². The minimum absolute atomic E-state index is 0.0288. The maximum absolute atomic E-state index is 12.4. The summed E-state index contributed by atoms with van der Waals surface area (Å²) >= 11 is 0. The van der Waals surface area contributed by atoms with Crippen molar-refractivity contribution in [2.24, 2.45) is 0 Å². The van der Waals surface area contributed by atoms with Crippen LogP contribution in [0.1, 0.15) is 47.1 Å². The zero-order valence-corrected chi connectivity index (χ0v) is 15.3. The normalized spacial score (nSPS) is 13.3. The number of aryl methyl sites for hydroxylation is 1. The lowest BCUT2D eigenvalue weighted by molar-refractivity contribution is 0.0630. The predicted octanol–water partition coefficient (Wildman–Crippen LogP) is 3.71. The van der Waals surface area contributed by atoms with Gasteiger partial charge >= 0.3 is 0 Å². The largest absolute Gasteiger partial charge is 0.488 e. The SMILES string of the molecule is CCc1ccc(OC(C)C)c(OCCN2C(=O)c3ccccc3C2=O)c1. The first-order valence-electron chi connectivity index (χ1n) is 8.89. The van der Waals surface area contributed by atoms with Gasteiger partial charge in [-0.2, -0.15) is 0 Å². The van der Waals surface area contributed by atoms with Crippen LogP contribution in [-0.2, 0) is 6.42 Å². The molecule has 3 rings (SSSR count). The molecule has 2 aromatic rings. The second-order valence-corrected chi connectivity index (χ2v) is 6.46. The third-order valence-electron chi connectivity index (χ3n) is 4.23. The molecule has 1 aliphatic heterocycles. The van der Waals surface area contributed by atoms with Gasteiger partial charge in [0.05, 0.1) is 23.8 Å². The van der Waals surface area contributed by atoms with E-state index in [0.29, 0.717) is 22.6 Å². The summed E-state index contributed by atoms with van der Waals surface area (Å²) in [5.41, 5.74) is 2.04. The molecular formula is C21H23NO4. The maximum Gasteiger partial charge on any atom is 0.261 e. The molecule has 0 spiro atoms. The van der Waals surface area contributed by atoms with Crippen LogP contribution >= 0.6 is 0 Å². The Morgan fingerprint density at radius 1 is 0.962 bits per heavy atom. The Morgan fingerprint density at radius 2 is 1.62 bits per heavy atom. The van der Waals surface area contributed by atoms with E-state index in [1.807, 2.05) is 32.0 Å². The molecule has 136 valence electrons. The highest BCUT2D eigenvalue weighted by molar-refractivity contribution is 6.21. The van der Waals surface area contributed by atoms with Crippen LogP contribution in [0.5, 0.6) is 11.5 Å². The van der Waals surface area contributed by atoms with Gasteiger partial charge < -0.3 is 9.47 Å². The van der Waals surface area contributed by atoms with E-state index in [-0.39, 0.29) is 31.1 Å². The van der Waals surface area contributed by atoms with Crippen LogP contribution in [0.4, 0.5) is 0 Å². The summed E-state index contributed by atoms with van der Waals surface area (Å²) in [5, 5.41) is 0. The van der Waals surface area contributed by atoms with Gasteiger partial charge in [0, 0.05) is 0 Å². The van der Waals surface area contributed by atoms with Crippen molar-refractivity contribution in [3.05, 3.63) is 59.2 Å². The number of nitrogens with zero attached hydrogens (tertiary/aromatic N) is 1. The van der Waals surface area contributed by atoms with E-state index in [0.717, 1.165) is 12.0 Å². The van der Waals surface area contributed by atoms with Crippen molar-refractivity contribution in [3.8, 4) is 11.5 Å². The molecular weight excluding hydrogens is 330 g/mol. The van der Waals surface area contributed by atoms with Gasteiger partial charge in [-0.05, 0) is 50.1 Å². The van der Waals surface area contributed by atoms with Gasteiger partial charge in [-0.15, -0.1) is 0 Å².